The molecule has 5 heterocycles. The number of alkyl halides is 6. The van der Waals surface area contributed by atoms with Crippen molar-refractivity contribution < 1.29 is 50.2 Å². The second kappa shape index (κ2) is 23.6. The molecule has 4 aromatic carbocycles. The summed E-state index contributed by atoms with van der Waals surface area (Å²) in [6.45, 7) is 3.12. The molecule has 21 heteroatoms. The number of hydrogen-bond donors (Lipinski definition) is 2. The third kappa shape index (κ3) is 13.2. The molecule has 0 radical (unpaired) electrons. The third-order valence-corrected chi connectivity index (χ3v) is 17.9. The minimum atomic E-state index is -4.34. The highest BCUT2D eigenvalue weighted by Crippen LogP contribution is 2.56. The lowest BCUT2D eigenvalue weighted by molar-refractivity contribution is -0.132. The minimum absolute atomic E-state index is 0.0365. The van der Waals surface area contributed by atoms with E-state index >= 15 is 0 Å². The van der Waals surface area contributed by atoms with E-state index in [1.807, 2.05) is 68.4 Å². The van der Waals surface area contributed by atoms with Crippen LogP contribution in [-0.2, 0) is 4.08 Å². The van der Waals surface area contributed by atoms with Gasteiger partial charge in [0.05, 0.1) is 67.9 Å². The van der Waals surface area contributed by atoms with E-state index in [0.29, 0.717) is 69.8 Å². The van der Waals surface area contributed by atoms with Gasteiger partial charge in [-0.25, -0.2) is 19.0 Å². The number of ketones is 3. The van der Waals surface area contributed by atoms with Gasteiger partial charge >= 0.3 is 12.4 Å². The van der Waals surface area contributed by atoms with Gasteiger partial charge in [0.25, 0.3) is 0 Å². The first kappa shape index (κ1) is 56.9. The summed E-state index contributed by atoms with van der Waals surface area (Å²) < 4.78 is 90.8. The average molecular weight is 1150 g/mol. The number of rotatable bonds is 20. The second-order valence-electron chi connectivity index (χ2n) is 20.5. The van der Waals surface area contributed by atoms with Gasteiger partial charge in [0.1, 0.15) is 21.3 Å². The van der Waals surface area contributed by atoms with Gasteiger partial charge in [-0.15, -0.1) is 23.5 Å². The Hall–Kier alpha value is -7.39. The topological polar surface area (TPSA) is 154 Å². The van der Waals surface area contributed by atoms with Crippen molar-refractivity contribution >= 4 is 63.5 Å². The maximum atomic E-state index is 13.3. The summed E-state index contributed by atoms with van der Waals surface area (Å²) in [7, 11) is 3.14. The second-order valence-corrected chi connectivity index (χ2v) is 23.4. The summed E-state index contributed by atoms with van der Waals surface area (Å²) in [5.41, 5.74) is 9.46. The molecule has 0 atom stereocenters. The van der Waals surface area contributed by atoms with Crippen molar-refractivity contribution in [1.82, 2.24) is 29.2 Å². The Labute approximate surface area is 472 Å². The van der Waals surface area contributed by atoms with Crippen LogP contribution in [0.2, 0.25) is 0 Å². The number of nitrogens with zero attached hydrogens (tertiary/aromatic N) is 6. The zero-order valence-electron chi connectivity index (χ0n) is 44.8. The zero-order chi connectivity index (χ0) is 57.2. The highest BCUT2D eigenvalue weighted by atomic mass is 32.2. The standard InChI is InChI=1S/C31H31F3N4O2S2.C29H27F3N4O3/c1-19-15-21(5-10-24(19)27(39)16-20-3-4-20)26-18-36-29-25(35-12-11-30(32,33)34)17-28(37-38(26)29)31(41-13-14-42-31)22-6-8-23(40-2)9-7-22;1-17-13-20(7-10-22(17)26(37)14-18-3-4-18)25-16-34-28-24(33-12-11-29(30,31)32)15-23(35-36(25)28)27(38)19-5-8-21(39-2)9-6-19/h5-10,15,17-18,20,35H,3-4,11-14,16H2,1-2H3;5-10,13,15-16,18,33H,3-4,11-12,14H2,1-2H3. The fraction of sp³-hybridized carbons (Fsp3) is 0.350. The Kier molecular flexibility index (Phi) is 16.6. The number of Topliss-reactive ketones (excluding diaryl/α,β-unsaturated/α-hetero) is 2. The fourth-order valence-corrected chi connectivity index (χ4v) is 13.0. The summed E-state index contributed by atoms with van der Waals surface area (Å²) in [6.07, 6.45) is -1.85. The molecule has 0 amide bonds. The quantitative estimate of drug-likeness (QED) is 0.0550. The number of aromatic nitrogens is 6. The molecular weight excluding hydrogens is 1090 g/mol. The number of carbonyl (C=O) groups excluding carboxylic acids is 3. The van der Waals surface area contributed by atoms with Crippen molar-refractivity contribution in [3.05, 3.63) is 154 Å². The molecule has 2 saturated carbocycles. The van der Waals surface area contributed by atoms with Crippen LogP contribution in [0.25, 0.3) is 33.8 Å². The lowest BCUT2D eigenvalue weighted by Crippen LogP contribution is -2.21. The maximum absolute atomic E-state index is 13.3. The summed E-state index contributed by atoms with van der Waals surface area (Å²) in [4.78, 5) is 47.8. The van der Waals surface area contributed by atoms with E-state index in [1.54, 1.807) is 83.9 Å². The summed E-state index contributed by atoms with van der Waals surface area (Å²) in [6, 6.07) is 28.8. The fourth-order valence-electron chi connectivity index (χ4n) is 9.78. The molecule has 4 aromatic heterocycles. The van der Waals surface area contributed by atoms with Gasteiger partial charge in [-0.3, -0.25) is 14.4 Å². The Morgan fingerprint density at radius 1 is 0.617 bits per heavy atom. The van der Waals surface area contributed by atoms with E-state index in [1.165, 1.54) is 17.7 Å². The first-order valence-electron chi connectivity index (χ1n) is 26.6. The van der Waals surface area contributed by atoms with E-state index in [4.69, 9.17) is 14.6 Å². The van der Waals surface area contributed by atoms with Crippen LogP contribution in [0.5, 0.6) is 11.5 Å². The van der Waals surface area contributed by atoms with Gasteiger partial charge in [0, 0.05) is 65.3 Å². The van der Waals surface area contributed by atoms with Crippen molar-refractivity contribution in [2.24, 2.45) is 11.8 Å². The first-order valence-corrected chi connectivity index (χ1v) is 28.6. The molecule has 422 valence electrons. The number of benzene rings is 4. The van der Waals surface area contributed by atoms with Crippen molar-refractivity contribution in [2.75, 3.05) is 49.4 Å². The number of halogens is 6. The van der Waals surface area contributed by atoms with Crippen LogP contribution >= 0.6 is 23.5 Å². The van der Waals surface area contributed by atoms with Crippen molar-refractivity contribution in [2.45, 2.75) is 81.6 Å². The highest BCUT2D eigenvalue weighted by molar-refractivity contribution is 8.20. The van der Waals surface area contributed by atoms with E-state index in [-0.39, 0.29) is 35.1 Å². The van der Waals surface area contributed by atoms with Crippen molar-refractivity contribution in [3.63, 3.8) is 0 Å². The number of fused-ring (bicyclic) bond motifs is 2. The Bertz CT molecular complexity index is 3630. The molecule has 1 saturated heterocycles. The molecule has 81 heavy (non-hydrogen) atoms. The van der Waals surface area contributed by atoms with Crippen LogP contribution < -0.4 is 20.1 Å². The molecular formula is C60H58F6N8O5S2. The van der Waals surface area contributed by atoms with Crippen molar-refractivity contribution in [1.29, 1.82) is 0 Å². The summed E-state index contributed by atoms with van der Waals surface area (Å²) in [5, 5.41) is 15.4. The lowest BCUT2D eigenvalue weighted by atomic mass is 9.98. The van der Waals surface area contributed by atoms with Gasteiger partial charge in [0.15, 0.2) is 22.9 Å². The number of nitrogens with one attached hydrogen (secondary N) is 2. The Balaban J connectivity index is 0.000000182. The van der Waals surface area contributed by atoms with Gasteiger partial charge < -0.3 is 20.1 Å². The highest BCUT2D eigenvalue weighted by Gasteiger charge is 2.42. The van der Waals surface area contributed by atoms with Crippen LogP contribution in [0, 0.1) is 25.7 Å². The minimum Gasteiger partial charge on any atom is -0.497 e. The molecule has 1 aliphatic heterocycles. The predicted octanol–water partition coefficient (Wildman–Crippen LogP) is 14.0. The molecule has 3 aliphatic rings. The van der Waals surface area contributed by atoms with Crippen LogP contribution in [-0.4, -0.2) is 97.7 Å². The molecule has 2 aliphatic carbocycles. The number of methoxy groups -OCH3 is 2. The van der Waals surface area contributed by atoms with Gasteiger partial charge in [-0.05, 0) is 129 Å². The van der Waals surface area contributed by atoms with E-state index in [2.05, 4.69) is 25.7 Å². The number of imidazole rings is 2. The average Bonchev–Trinajstić information content (AvgIpc) is 3.98. The van der Waals surface area contributed by atoms with Gasteiger partial charge in [-0.2, -0.15) is 36.5 Å². The number of carbonyl (C=O) groups is 3. The Morgan fingerprint density at radius 2 is 1.07 bits per heavy atom. The smallest absolute Gasteiger partial charge is 0.390 e. The normalized spacial score (nSPS) is 15.1. The number of ether oxygens (including phenoxy) is 2. The number of aryl methyl sites for hydroxylation is 2. The number of anilines is 2. The van der Waals surface area contributed by atoms with Gasteiger partial charge in [0.2, 0.25) is 5.78 Å². The molecule has 8 aromatic rings. The Morgan fingerprint density at radius 3 is 1.52 bits per heavy atom. The maximum Gasteiger partial charge on any atom is 0.390 e. The number of hydrogen-bond acceptors (Lipinski definition) is 13. The summed E-state index contributed by atoms with van der Waals surface area (Å²) in [5.74, 6) is 3.97. The van der Waals surface area contributed by atoms with Crippen LogP contribution in [0.1, 0.15) is 111 Å². The zero-order valence-corrected chi connectivity index (χ0v) is 46.5. The van der Waals surface area contributed by atoms with E-state index < -0.39 is 41.6 Å². The molecule has 11 rings (SSSR count). The molecule has 0 bridgehead atoms. The predicted molar refractivity (Wildman–Crippen MR) is 303 cm³/mol. The molecule has 3 fully saturated rings. The first-order chi connectivity index (χ1) is 38.8. The lowest BCUT2D eigenvalue weighted by Gasteiger charge is -2.28. The molecule has 0 spiro atoms. The molecule has 0 unspecified atom stereocenters. The van der Waals surface area contributed by atoms with Crippen LogP contribution in [0.3, 0.4) is 0 Å². The monoisotopic (exact) mass is 1150 g/mol. The van der Waals surface area contributed by atoms with Crippen LogP contribution in [0.4, 0.5) is 37.7 Å². The number of thioether (sulfide) groups is 2. The largest absolute Gasteiger partial charge is 0.497 e. The molecule has 13 nitrogen and oxygen atoms in total. The third-order valence-electron chi connectivity index (χ3n) is 14.5. The van der Waals surface area contributed by atoms with Crippen LogP contribution in [0.15, 0.2) is 109 Å². The molecule has 2 N–H and O–H groups in total. The SMILES string of the molecule is COc1ccc(C(=O)c2cc(NCCC(F)(F)F)c3ncc(-c4ccc(C(=O)CC5CC5)c(C)c4)n3n2)cc1.COc1ccc(C2(c3cc(NCCC(F)(F)F)c4ncc(-c5ccc(C(=O)CC6CC6)c(C)c5)n4n3)SCCS2)cc1. The van der Waals surface area contributed by atoms with Gasteiger partial charge in [-0.1, -0.05) is 36.4 Å². The van der Waals surface area contributed by atoms with E-state index in [9.17, 15) is 40.7 Å². The van der Waals surface area contributed by atoms with E-state index in [0.717, 1.165) is 76.4 Å². The van der Waals surface area contributed by atoms with Crippen molar-refractivity contribution in [3.8, 4) is 34.0 Å². The summed E-state index contributed by atoms with van der Waals surface area (Å²) >= 11 is 3.51.